The van der Waals surface area contributed by atoms with Crippen molar-refractivity contribution < 1.29 is 9.53 Å². The van der Waals surface area contributed by atoms with Gasteiger partial charge in [-0.2, -0.15) is 11.3 Å². The lowest BCUT2D eigenvalue weighted by molar-refractivity contribution is -0.132. The zero-order chi connectivity index (χ0) is 13.7. The van der Waals surface area contributed by atoms with Gasteiger partial charge in [0.15, 0.2) is 6.61 Å². The molecular formula is C14H14ClNO2S. The minimum atomic E-state index is -0.0637. The fraction of sp³-hybridized carbons (Fsp3) is 0.214. The van der Waals surface area contributed by atoms with Gasteiger partial charge in [0, 0.05) is 18.6 Å². The fourth-order valence-corrected chi connectivity index (χ4v) is 2.40. The zero-order valence-corrected chi connectivity index (χ0v) is 12.1. The second-order valence-corrected chi connectivity index (χ2v) is 5.34. The number of halogens is 1. The predicted molar refractivity (Wildman–Crippen MR) is 77.7 cm³/mol. The lowest BCUT2D eigenvalue weighted by Crippen LogP contribution is -2.30. The van der Waals surface area contributed by atoms with Crippen molar-refractivity contribution >= 4 is 28.8 Å². The third kappa shape index (κ3) is 4.26. The van der Waals surface area contributed by atoms with Gasteiger partial charge in [-0.05, 0) is 40.6 Å². The van der Waals surface area contributed by atoms with Crippen LogP contribution in [0.3, 0.4) is 0 Å². The number of ether oxygens (including phenoxy) is 1. The van der Waals surface area contributed by atoms with E-state index in [1.807, 2.05) is 16.8 Å². The molecule has 0 aliphatic rings. The summed E-state index contributed by atoms with van der Waals surface area (Å²) in [6.07, 6.45) is 0. The highest BCUT2D eigenvalue weighted by atomic mass is 35.5. The molecule has 3 nitrogen and oxygen atoms in total. The van der Waals surface area contributed by atoms with Gasteiger partial charge in [-0.1, -0.05) is 17.7 Å². The van der Waals surface area contributed by atoms with E-state index in [9.17, 15) is 4.79 Å². The first kappa shape index (κ1) is 13.9. The van der Waals surface area contributed by atoms with Crippen molar-refractivity contribution in [2.75, 3.05) is 13.7 Å². The van der Waals surface area contributed by atoms with Gasteiger partial charge in [0.2, 0.25) is 0 Å². The maximum Gasteiger partial charge on any atom is 0.260 e. The SMILES string of the molecule is CN(Cc1ccsc1)C(=O)COc1cccc(Cl)c1. The van der Waals surface area contributed by atoms with Crippen LogP contribution in [0.15, 0.2) is 41.1 Å². The first-order valence-electron chi connectivity index (χ1n) is 5.78. The molecule has 1 amide bonds. The van der Waals surface area contributed by atoms with E-state index in [2.05, 4.69) is 0 Å². The quantitative estimate of drug-likeness (QED) is 0.846. The molecule has 100 valence electrons. The molecule has 0 saturated carbocycles. The van der Waals surface area contributed by atoms with Gasteiger partial charge in [0.1, 0.15) is 5.75 Å². The van der Waals surface area contributed by atoms with Crippen LogP contribution in [0.5, 0.6) is 5.75 Å². The van der Waals surface area contributed by atoms with Crippen molar-refractivity contribution in [2.24, 2.45) is 0 Å². The van der Waals surface area contributed by atoms with E-state index in [1.165, 1.54) is 0 Å². The summed E-state index contributed by atoms with van der Waals surface area (Å²) in [5.41, 5.74) is 1.13. The second kappa shape index (κ2) is 6.59. The van der Waals surface area contributed by atoms with Crippen LogP contribution in [-0.2, 0) is 11.3 Å². The molecule has 5 heteroatoms. The van der Waals surface area contributed by atoms with E-state index >= 15 is 0 Å². The lowest BCUT2D eigenvalue weighted by atomic mass is 10.3. The Labute approximate surface area is 121 Å². The minimum absolute atomic E-state index is 0.0149. The first-order valence-corrected chi connectivity index (χ1v) is 7.10. The lowest BCUT2D eigenvalue weighted by Gasteiger charge is -2.16. The third-order valence-corrected chi connectivity index (χ3v) is 3.55. The van der Waals surface area contributed by atoms with Crippen molar-refractivity contribution in [2.45, 2.75) is 6.54 Å². The summed E-state index contributed by atoms with van der Waals surface area (Å²) < 4.78 is 5.42. The number of carbonyl (C=O) groups is 1. The molecule has 0 spiro atoms. The predicted octanol–water partition coefficient (Wildman–Crippen LogP) is 3.44. The molecule has 0 aliphatic carbocycles. The Kier molecular flexibility index (Phi) is 4.82. The minimum Gasteiger partial charge on any atom is -0.484 e. The summed E-state index contributed by atoms with van der Waals surface area (Å²) in [4.78, 5) is 13.5. The van der Waals surface area contributed by atoms with E-state index < -0.39 is 0 Å². The smallest absolute Gasteiger partial charge is 0.260 e. The van der Waals surface area contributed by atoms with Crippen molar-refractivity contribution in [3.8, 4) is 5.75 Å². The summed E-state index contributed by atoms with van der Waals surface area (Å²) in [5, 5.41) is 4.62. The van der Waals surface area contributed by atoms with Gasteiger partial charge >= 0.3 is 0 Å². The van der Waals surface area contributed by atoms with Crippen molar-refractivity contribution in [1.82, 2.24) is 4.90 Å². The van der Waals surface area contributed by atoms with Gasteiger partial charge in [0.25, 0.3) is 5.91 Å². The Balaban J connectivity index is 1.84. The number of hydrogen-bond donors (Lipinski definition) is 0. The molecule has 0 atom stereocenters. The molecule has 2 aromatic rings. The summed E-state index contributed by atoms with van der Waals surface area (Å²) >= 11 is 7.46. The van der Waals surface area contributed by atoms with Gasteiger partial charge in [-0.3, -0.25) is 4.79 Å². The summed E-state index contributed by atoms with van der Waals surface area (Å²) in [7, 11) is 1.77. The standard InChI is InChI=1S/C14H14ClNO2S/c1-16(8-11-5-6-19-10-11)14(17)9-18-13-4-2-3-12(15)7-13/h2-7,10H,8-9H2,1H3. The molecule has 1 heterocycles. The Morgan fingerprint density at radius 3 is 2.95 bits per heavy atom. The number of hydrogen-bond acceptors (Lipinski definition) is 3. The van der Waals surface area contributed by atoms with Gasteiger partial charge in [-0.25, -0.2) is 0 Å². The maximum atomic E-state index is 11.9. The molecular weight excluding hydrogens is 282 g/mol. The molecule has 0 saturated heterocycles. The second-order valence-electron chi connectivity index (χ2n) is 4.13. The molecule has 1 aromatic heterocycles. The maximum absolute atomic E-state index is 11.9. The van der Waals surface area contributed by atoms with Crippen LogP contribution in [0.4, 0.5) is 0 Å². The Hall–Kier alpha value is -1.52. The highest BCUT2D eigenvalue weighted by molar-refractivity contribution is 7.07. The normalized spacial score (nSPS) is 10.2. The zero-order valence-electron chi connectivity index (χ0n) is 10.5. The van der Waals surface area contributed by atoms with Crippen molar-refractivity contribution in [3.63, 3.8) is 0 Å². The average Bonchev–Trinajstić information content (AvgIpc) is 2.89. The monoisotopic (exact) mass is 295 g/mol. The molecule has 0 radical (unpaired) electrons. The number of nitrogens with zero attached hydrogens (tertiary/aromatic N) is 1. The molecule has 1 aromatic carbocycles. The number of rotatable bonds is 5. The van der Waals surface area contributed by atoms with E-state index in [0.717, 1.165) is 5.56 Å². The van der Waals surface area contributed by atoms with Crippen LogP contribution in [-0.4, -0.2) is 24.5 Å². The van der Waals surface area contributed by atoms with Crippen LogP contribution in [0.1, 0.15) is 5.56 Å². The molecule has 19 heavy (non-hydrogen) atoms. The van der Waals surface area contributed by atoms with Crippen LogP contribution in [0, 0.1) is 0 Å². The molecule has 2 rings (SSSR count). The molecule has 0 fully saturated rings. The number of benzene rings is 1. The Morgan fingerprint density at radius 2 is 2.26 bits per heavy atom. The van der Waals surface area contributed by atoms with Crippen LogP contribution < -0.4 is 4.74 Å². The summed E-state index contributed by atoms with van der Waals surface area (Å²) in [5.74, 6) is 0.538. The Morgan fingerprint density at radius 1 is 1.42 bits per heavy atom. The van der Waals surface area contributed by atoms with E-state index in [1.54, 1.807) is 47.5 Å². The topological polar surface area (TPSA) is 29.5 Å². The van der Waals surface area contributed by atoms with E-state index in [0.29, 0.717) is 17.3 Å². The van der Waals surface area contributed by atoms with Crippen molar-refractivity contribution in [1.29, 1.82) is 0 Å². The molecule has 0 aliphatic heterocycles. The molecule has 0 bridgehead atoms. The fourth-order valence-electron chi connectivity index (χ4n) is 1.56. The largest absolute Gasteiger partial charge is 0.484 e. The van der Waals surface area contributed by atoms with Crippen molar-refractivity contribution in [3.05, 3.63) is 51.7 Å². The van der Waals surface area contributed by atoms with Crippen LogP contribution in [0.25, 0.3) is 0 Å². The molecule has 0 unspecified atom stereocenters. The molecule has 0 N–H and O–H groups in total. The van der Waals surface area contributed by atoms with E-state index in [-0.39, 0.29) is 12.5 Å². The number of carbonyl (C=O) groups excluding carboxylic acids is 1. The number of amides is 1. The highest BCUT2D eigenvalue weighted by Gasteiger charge is 2.10. The summed E-state index contributed by atoms with van der Waals surface area (Å²) in [6.45, 7) is 0.613. The van der Waals surface area contributed by atoms with Gasteiger partial charge in [-0.15, -0.1) is 0 Å². The van der Waals surface area contributed by atoms with Gasteiger partial charge < -0.3 is 9.64 Å². The third-order valence-electron chi connectivity index (χ3n) is 2.58. The number of thiophene rings is 1. The number of likely N-dealkylation sites (N-methyl/N-ethyl adjacent to an activating group) is 1. The highest BCUT2D eigenvalue weighted by Crippen LogP contribution is 2.17. The van der Waals surface area contributed by atoms with Gasteiger partial charge in [0.05, 0.1) is 0 Å². The van der Waals surface area contributed by atoms with Crippen LogP contribution in [0.2, 0.25) is 5.02 Å². The Bertz CT molecular complexity index is 542. The summed E-state index contributed by atoms with van der Waals surface area (Å²) in [6, 6.07) is 9.02. The van der Waals surface area contributed by atoms with E-state index in [4.69, 9.17) is 16.3 Å². The average molecular weight is 296 g/mol. The van der Waals surface area contributed by atoms with Crippen LogP contribution >= 0.6 is 22.9 Å². The first-order chi connectivity index (χ1) is 9.15.